The number of rotatable bonds is 4. The topological polar surface area (TPSA) is 20.3 Å². The summed E-state index contributed by atoms with van der Waals surface area (Å²) in [5.41, 5.74) is 0. The van der Waals surface area contributed by atoms with Gasteiger partial charge in [-0.05, 0) is 51.4 Å². The third kappa shape index (κ3) is 4.36. The van der Waals surface area contributed by atoms with Crippen LogP contribution in [0.2, 0.25) is 0 Å². The van der Waals surface area contributed by atoms with E-state index in [1.165, 1.54) is 0 Å². The van der Waals surface area contributed by atoms with Crippen LogP contribution in [0.25, 0.3) is 0 Å². The van der Waals surface area contributed by atoms with E-state index in [1.54, 1.807) is 0 Å². The van der Waals surface area contributed by atoms with Gasteiger partial charge in [0.05, 0.1) is 5.92 Å². The molecule has 0 aromatic carbocycles. The summed E-state index contributed by atoms with van der Waals surface area (Å²) in [4.78, 5) is 14.5. The lowest BCUT2D eigenvalue weighted by atomic mass is 9.81. The number of hydrogen-bond acceptors (Lipinski definition) is 1. The maximum Gasteiger partial charge on any atom is 0.391 e. The normalized spacial score (nSPS) is 30.7. The highest BCUT2D eigenvalue weighted by Gasteiger charge is 2.43. The fourth-order valence-electron chi connectivity index (χ4n) is 3.64. The summed E-state index contributed by atoms with van der Waals surface area (Å²) < 4.78 is 38.0. The highest BCUT2D eigenvalue weighted by molar-refractivity contribution is 9.09. The molecule has 1 heterocycles. The lowest BCUT2D eigenvalue weighted by Crippen LogP contribution is -2.41. The molecule has 1 aliphatic heterocycles. The van der Waals surface area contributed by atoms with E-state index in [9.17, 15) is 18.0 Å². The lowest BCUT2D eigenvalue weighted by molar-refractivity contribution is -0.185. The number of halogens is 4. The smallest absolute Gasteiger partial charge is 0.339 e. The largest absolute Gasteiger partial charge is 0.391 e. The van der Waals surface area contributed by atoms with Crippen LogP contribution < -0.4 is 0 Å². The molecule has 0 radical (unpaired) electrons. The maximum atomic E-state index is 12.7. The van der Waals surface area contributed by atoms with Gasteiger partial charge in [-0.1, -0.05) is 15.9 Å². The predicted molar refractivity (Wildman–Crippen MR) is 79.3 cm³/mol. The van der Waals surface area contributed by atoms with E-state index < -0.39 is 12.1 Å². The maximum absolute atomic E-state index is 12.7. The summed E-state index contributed by atoms with van der Waals surface area (Å²) in [7, 11) is 0. The van der Waals surface area contributed by atoms with Gasteiger partial charge in [-0.2, -0.15) is 13.2 Å². The van der Waals surface area contributed by atoms with E-state index in [4.69, 9.17) is 0 Å². The van der Waals surface area contributed by atoms with Gasteiger partial charge in [0.1, 0.15) is 0 Å². The Hall–Kier alpha value is -0.260. The molecule has 0 bridgehead atoms. The average molecular weight is 370 g/mol. The van der Waals surface area contributed by atoms with Crippen LogP contribution in [0.3, 0.4) is 0 Å². The number of likely N-dealkylation sites (tertiary alicyclic amines) is 1. The molecule has 0 aromatic heterocycles. The van der Waals surface area contributed by atoms with E-state index in [0.29, 0.717) is 18.9 Å². The van der Waals surface area contributed by atoms with Crippen LogP contribution in [0.5, 0.6) is 0 Å². The minimum atomic E-state index is -4.10. The lowest BCUT2D eigenvalue weighted by Gasteiger charge is -2.33. The molecule has 2 fully saturated rings. The highest BCUT2D eigenvalue weighted by atomic mass is 79.9. The van der Waals surface area contributed by atoms with Crippen LogP contribution in [0.15, 0.2) is 0 Å². The predicted octanol–water partition coefficient (Wildman–Crippen LogP) is 4.52. The first-order chi connectivity index (χ1) is 9.93. The Labute approximate surface area is 132 Å². The van der Waals surface area contributed by atoms with Crippen LogP contribution in [0.4, 0.5) is 13.2 Å². The van der Waals surface area contributed by atoms with Gasteiger partial charge >= 0.3 is 6.18 Å². The van der Waals surface area contributed by atoms with E-state index in [2.05, 4.69) is 15.9 Å². The van der Waals surface area contributed by atoms with Crippen molar-refractivity contribution in [2.24, 2.45) is 11.8 Å². The number of nitrogens with zero attached hydrogens (tertiary/aromatic N) is 1. The van der Waals surface area contributed by atoms with Crippen molar-refractivity contribution in [2.75, 3.05) is 11.9 Å². The molecular formula is C15H23BrF3NO. The first-order valence-corrected chi connectivity index (χ1v) is 8.98. The third-order valence-corrected chi connectivity index (χ3v) is 5.43. The number of alkyl halides is 4. The SMILES string of the molecule is O=C(C1CCC(C(F)(F)F)CC1)N1CCCC1CCCBr. The van der Waals surface area contributed by atoms with E-state index in [0.717, 1.165) is 37.6 Å². The summed E-state index contributed by atoms with van der Waals surface area (Å²) in [6, 6.07) is 0.301. The molecule has 0 spiro atoms. The first kappa shape index (κ1) is 17.1. The minimum Gasteiger partial charge on any atom is -0.339 e. The van der Waals surface area contributed by atoms with Crippen molar-refractivity contribution in [3.8, 4) is 0 Å². The Morgan fingerprint density at radius 2 is 1.81 bits per heavy atom. The van der Waals surface area contributed by atoms with Crippen molar-refractivity contribution in [3.63, 3.8) is 0 Å². The first-order valence-electron chi connectivity index (χ1n) is 7.86. The number of hydrogen-bond donors (Lipinski definition) is 0. The van der Waals surface area contributed by atoms with Crippen LogP contribution >= 0.6 is 15.9 Å². The molecule has 1 unspecified atom stereocenters. The van der Waals surface area contributed by atoms with Crippen molar-refractivity contribution in [1.29, 1.82) is 0 Å². The van der Waals surface area contributed by atoms with Crippen LogP contribution in [-0.4, -0.2) is 34.9 Å². The molecule has 1 amide bonds. The molecule has 1 aliphatic carbocycles. The second-order valence-electron chi connectivity index (χ2n) is 6.25. The molecule has 0 N–H and O–H groups in total. The molecular weight excluding hydrogens is 347 g/mol. The fraction of sp³-hybridized carbons (Fsp3) is 0.933. The van der Waals surface area contributed by atoms with Crippen LogP contribution in [0.1, 0.15) is 51.4 Å². The zero-order valence-corrected chi connectivity index (χ0v) is 13.8. The second kappa shape index (κ2) is 7.34. The van der Waals surface area contributed by atoms with Gasteiger partial charge in [0.15, 0.2) is 0 Å². The summed E-state index contributed by atoms with van der Waals surface area (Å²) in [6.45, 7) is 0.783. The van der Waals surface area contributed by atoms with Crippen LogP contribution in [0, 0.1) is 11.8 Å². The molecule has 0 aromatic rings. The Morgan fingerprint density at radius 1 is 1.14 bits per heavy atom. The molecule has 122 valence electrons. The second-order valence-corrected chi connectivity index (χ2v) is 7.04. The van der Waals surface area contributed by atoms with E-state index in [1.807, 2.05) is 4.90 Å². The molecule has 6 heteroatoms. The Balaban J connectivity index is 1.86. The Kier molecular flexibility index (Phi) is 5.97. The van der Waals surface area contributed by atoms with Gasteiger partial charge < -0.3 is 4.90 Å². The van der Waals surface area contributed by atoms with Crippen molar-refractivity contribution < 1.29 is 18.0 Å². The fourth-order valence-corrected chi connectivity index (χ4v) is 3.96. The molecule has 1 saturated carbocycles. The monoisotopic (exact) mass is 369 g/mol. The van der Waals surface area contributed by atoms with Gasteiger partial charge in [-0.3, -0.25) is 4.79 Å². The average Bonchev–Trinajstić information content (AvgIpc) is 2.92. The van der Waals surface area contributed by atoms with Gasteiger partial charge in [0.2, 0.25) is 5.91 Å². The number of amides is 1. The van der Waals surface area contributed by atoms with E-state index in [-0.39, 0.29) is 24.7 Å². The van der Waals surface area contributed by atoms with Gasteiger partial charge in [0.25, 0.3) is 0 Å². The molecule has 1 saturated heterocycles. The summed E-state index contributed by atoms with van der Waals surface area (Å²) in [5.74, 6) is -1.29. The van der Waals surface area contributed by atoms with Crippen molar-refractivity contribution in [3.05, 3.63) is 0 Å². The third-order valence-electron chi connectivity index (χ3n) is 4.87. The number of carbonyl (C=O) groups is 1. The van der Waals surface area contributed by atoms with Crippen LogP contribution in [-0.2, 0) is 4.79 Å². The van der Waals surface area contributed by atoms with Gasteiger partial charge in [0, 0.05) is 23.8 Å². The zero-order chi connectivity index (χ0) is 15.5. The Morgan fingerprint density at radius 3 is 2.38 bits per heavy atom. The highest BCUT2D eigenvalue weighted by Crippen LogP contribution is 2.40. The van der Waals surface area contributed by atoms with Gasteiger partial charge in [-0.25, -0.2) is 0 Å². The summed E-state index contributed by atoms with van der Waals surface area (Å²) >= 11 is 3.41. The molecule has 2 rings (SSSR count). The number of carbonyl (C=O) groups excluding carboxylic acids is 1. The zero-order valence-electron chi connectivity index (χ0n) is 12.2. The quantitative estimate of drug-likeness (QED) is 0.667. The minimum absolute atomic E-state index is 0.104. The molecule has 1 atom stereocenters. The van der Waals surface area contributed by atoms with Crippen molar-refractivity contribution in [2.45, 2.75) is 63.6 Å². The molecule has 21 heavy (non-hydrogen) atoms. The Bertz CT molecular complexity index is 353. The standard InChI is InChI=1S/C15H23BrF3NO/c16-9-1-3-13-4-2-10-20(13)14(21)11-5-7-12(8-6-11)15(17,18)19/h11-13H,1-10H2. The summed E-state index contributed by atoms with van der Waals surface area (Å²) in [6.07, 6.45) is 1.01. The van der Waals surface area contributed by atoms with E-state index >= 15 is 0 Å². The van der Waals surface area contributed by atoms with Crippen molar-refractivity contribution >= 4 is 21.8 Å². The summed E-state index contributed by atoms with van der Waals surface area (Å²) in [5, 5.41) is 0.933. The van der Waals surface area contributed by atoms with Gasteiger partial charge in [-0.15, -0.1) is 0 Å². The van der Waals surface area contributed by atoms with Crippen molar-refractivity contribution in [1.82, 2.24) is 4.90 Å². The molecule has 2 aliphatic rings. The molecule has 2 nitrogen and oxygen atoms in total.